The zero-order valence-corrected chi connectivity index (χ0v) is 9.78. The van der Waals surface area contributed by atoms with Crippen molar-refractivity contribution < 1.29 is 9.47 Å². The molecule has 16 heavy (non-hydrogen) atoms. The molecular weight excluding hydrogens is 200 g/mol. The highest BCUT2D eigenvalue weighted by molar-refractivity contribution is 5.19. The lowest BCUT2D eigenvalue weighted by Gasteiger charge is -2.50. The van der Waals surface area contributed by atoms with Crippen LogP contribution in [0.1, 0.15) is 32.1 Å². The van der Waals surface area contributed by atoms with Crippen LogP contribution in [0.4, 0.5) is 0 Å². The van der Waals surface area contributed by atoms with Gasteiger partial charge in [-0.3, -0.25) is 0 Å². The number of rotatable bonds is 1. The van der Waals surface area contributed by atoms with Gasteiger partial charge in [0.1, 0.15) is 0 Å². The minimum absolute atomic E-state index is 0.162. The Morgan fingerprint density at radius 2 is 2.00 bits per heavy atom. The van der Waals surface area contributed by atoms with E-state index < -0.39 is 0 Å². The highest BCUT2D eigenvalue weighted by atomic mass is 16.7. The van der Waals surface area contributed by atoms with Crippen molar-refractivity contribution in [3.05, 3.63) is 12.7 Å². The molecule has 0 N–H and O–H groups in total. The van der Waals surface area contributed by atoms with Crippen LogP contribution in [0.2, 0.25) is 0 Å². The summed E-state index contributed by atoms with van der Waals surface area (Å²) in [5.41, 5.74) is 0.439. The fourth-order valence-electron chi connectivity index (χ4n) is 5.18. The highest BCUT2D eigenvalue weighted by Gasteiger charge is 2.69. The fourth-order valence-corrected chi connectivity index (χ4v) is 5.18. The maximum atomic E-state index is 5.93. The van der Waals surface area contributed by atoms with Crippen molar-refractivity contribution in [2.24, 2.45) is 23.2 Å². The predicted molar refractivity (Wildman–Crippen MR) is 60.8 cm³/mol. The number of fused-ring (bicyclic) bond motifs is 4. The topological polar surface area (TPSA) is 18.5 Å². The first-order chi connectivity index (χ1) is 7.80. The van der Waals surface area contributed by atoms with Crippen LogP contribution < -0.4 is 0 Å². The second kappa shape index (κ2) is 2.91. The van der Waals surface area contributed by atoms with Gasteiger partial charge < -0.3 is 9.47 Å². The van der Waals surface area contributed by atoms with Gasteiger partial charge in [-0.1, -0.05) is 12.5 Å². The smallest absolute Gasteiger partial charge is 0.172 e. The van der Waals surface area contributed by atoms with Crippen LogP contribution in [0.5, 0.6) is 0 Å². The monoisotopic (exact) mass is 220 g/mol. The Balaban J connectivity index is 1.69. The van der Waals surface area contributed by atoms with Crippen LogP contribution in [0.15, 0.2) is 12.7 Å². The zero-order chi connectivity index (χ0) is 10.8. The minimum Gasteiger partial charge on any atom is -0.347 e. The third-order valence-electron chi connectivity index (χ3n) is 5.72. The first-order valence-corrected chi connectivity index (χ1v) is 6.71. The van der Waals surface area contributed by atoms with Gasteiger partial charge in [0.2, 0.25) is 0 Å². The molecule has 0 amide bonds. The van der Waals surface area contributed by atoms with E-state index in [1.165, 1.54) is 25.7 Å². The Hall–Kier alpha value is -0.340. The van der Waals surface area contributed by atoms with Crippen molar-refractivity contribution in [3.63, 3.8) is 0 Å². The summed E-state index contributed by atoms with van der Waals surface area (Å²) in [5, 5.41) is 0. The van der Waals surface area contributed by atoms with Crippen LogP contribution in [0.25, 0.3) is 0 Å². The Morgan fingerprint density at radius 1 is 1.19 bits per heavy atom. The molecule has 0 radical (unpaired) electrons. The molecule has 0 unspecified atom stereocenters. The van der Waals surface area contributed by atoms with Crippen LogP contribution in [0.3, 0.4) is 0 Å². The molecule has 1 heterocycles. The van der Waals surface area contributed by atoms with Gasteiger partial charge in [-0.2, -0.15) is 0 Å². The molecule has 4 atom stereocenters. The summed E-state index contributed by atoms with van der Waals surface area (Å²) in [6.45, 7) is 5.71. The van der Waals surface area contributed by atoms with Crippen molar-refractivity contribution in [2.75, 3.05) is 13.2 Å². The number of allylic oxidation sites excluding steroid dienone is 1. The first-order valence-electron chi connectivity index (χ1n) is 6.71. The molecule has 2 nitrogen and oxygen atoms in total. The minimum atomic E-state index is -0.162. The standard InChI is InChI=1S/C14H20O2/c1-2-13-5-3-4-11(13)12-10(8-13)9-14(12)15-6-7-16-14/h2,10-12H,1,3-9H2/t10-,11-,12+,13+/m1/s1. The molecule has 1 spiro atoms. The Labute approximate surface area is 97.0 Å². The number of ether oxygens (including phenoxy) is 2. The van der Waals surface area contributed by atoms with Crippen molar-refractivity contribution in [1.29, 1.82) is 0 Å². The predicted octanol–water partition coefficient (Wildman–Crippen LogP) is 2.74. The van der Waals surface area contributed by atoms with E-state index >= 15 is 0 Å². The summed E-state index contributed by atoms with van der Waals surface area (Å²) in [5.74, 6) is 2.16. The van der Waals surface area contributed by atoms with E-state index in [4.69, 9.17) is 9.47 Å². The SMILES string of the molecule is C=C[C@@]12CCC[C@@H]1[C@@H]1[C@@H](CC13OCCO3)C2. The average Bonchev–Trinajstić information content (AvgIpc) is 2.90. The lowest BCUT2D eigenvalue weighted by molar-refractivity contribution is -0.277. The van der Waals surface area contributed by atoms with Crippen LogP contribution in [0, 0.1) is 23.2 Å². The van der Waals surface area contributed by atoms with Crippen molar-refractivity contribution in [1.82, 2.24) is 0 Å². The van der Waals surface area contributed by atoms with E-state index in [1.807, 2.05) is 0 Å². The maximum absolute atomic E-state index is 5.93. The molecule has 1 saturated heterocycles. The molecule has 88 valence electrons. The van der Waals surface area contributed by atoms with E-state index in [2.05, 4.69) is 12.7 Å². The van der Waals surface area contributed by atoms with E-state index in [0.29, 0.717) is 11.3 Å². The Kier molecular flexibility index (Phi) is 1.76. The Bertz CT molecular complexity index is 332. The molecule has 2 heteroatoms. The molecule has 4 aliphatic rings. The summed E-state index contributed by atoms with van der Waals surface area (Å²) in [4.78, 5) is 0. The third kappa shape index (κ3) is 0.925. The van der Waals surface area contributed by atoms with Gasteiger partial charge >= 0.3 is 0 Å². The van der Waals surface area contributed by atoms with Gasteiger partial charge in [-0.05, 0) is 36.5 Å². The van der Waals surface area contributed by atoms with E-state index in [1.54, 1.807) is 0 Å². The molecule has 3 aliphatic carbocycles. The summed E-state index contributed by atoms with van der Waals surface area (Å²) in [7, 11) is 0. The van der Waals surface area contributed by atoms with E-state index in [9.17, 15) is 0 Å². The number of hydrogen-bond acceptors (Lipinski definition) is 2. The maximum Gasteiger partial charge on any atom is 0.172 e. The Morgan fingerprint density at radius 3 is 2.75 bits per heavy atom. The molecule has 0 aromatic carbocycles. The molecule has 4 fully saturated rings. The van der Waals surface area contributed by atoms with Gasteiger partial charge in [-0.25, -0.2) is 0 Å². The molecule has 0 aromatic heterocycles. The first kappa shape index (κ1) is 9.67. The highest BCUT2D eigenvalue weighted by Crippen LogP contribution is 2.70. The van der Waals surface area contributed by atoms with Gasteiger partial charge in [-0.15, -0.1) is 6.58 Å². The van der Waals surface area contributed by atoms with Gasteiger partial charge in [0.25, 0.3) is 0 Å². The van der Waals surface area contributed by atoms with E-state index in [0.717, 1.165) is 31.5 Å². The molecule has 0 bridgehead atoms. The van der Waals surface area contributed by atoms with Gasteiger partial charge in [0.05, 0.1) is 13.2 Å². The summed E-state index contributed by atoms with van der Waals surface area (Å²) in [6, 6.07) is 0. The average molecular weight is 220 g/mol. The van der Waals surface area contributed by atoms with Crippen LogP contribution in [-0.4, -0.2) is 19.0 Å². The lowest BCUT2D eigenvalue weighted by Crippen LogP contribution is -2.54. The van der Waals surface area contributed by atoms with Gasteiger partial charge in [0, 0.05) is 12.3 Å². The molecule has 0 aromatic rings. The molecule has 3 saturated carbocycles. The summed E-state index contributed by atoms with van der Waals surface area (Å²) in [6.07, 6.45) is 8.83. The second-order valence-electron chi connectivity index (χ2n) is 6.14. The zero-order valence-electron chi connectivity index (χ0n) is 9.78. The van der Waals surface area contributed by atoms with Crippen molar-refractivity contribution >= 4 is 0 Å². The summed E-state index contributed by atoms with van der Waals surface area (Å²) >= 11 is 0. The third-order valence-corrected chi connectivity index (χ3v) is 5.72. The van der Waals surface area contributed by atoms with E-state index in [-0.39, 0.29) is 5.79 Å². The molecule has 1 aliphatic heterocycles. The van der Waals surface area contributed by atoms with Gasteiger partial charge in [0.15, 0.2) is 5.79 Å². The number of hydrogen-bond donors (Lipinski definition) is 0. The van der Waals surface area contributed by atoms with Crippen molar-refractivity contribution in [3.8, 4) is 0 Å². The fraction of sp³-hybridized carbons (Fsp3) is 0.857. The molecule has 4 rings (SSSR count). The molecular formula is C14H20O2. The quantitative estimate of drug-likeness (QED) is 0.633. The largest absolute Gasteiger partial charge is 0.347 e. The van der Waals surface area contributed by atoms with Crippen molar-refractivity contribution in [2.45, 2.75) is 37.9 Å². The lowest BCUT2D eigenvalue weighted by atomic mass is 9.66. The normalized spacial score (nSPS) is 52.4. The van der Waals surface area contributed by atoms with Crippen LogP contribution >= 0.6 is 0 Å². The second-order valence-corrected chi connectivity index (χ2v) is 6.14. The van der Waals surface area contributed by atoms with Crippen LogP contribution in [-0.2, 0) is 9.47 Å². The summed E-state index contributed by atoms with van der Waals surface area (Å²) < 4.78 is 11.9.